The third kappa shape index (κ3) is 4.09. The van der Waals surface area contributed by atoms with Gasteiger partial charge in [-0.3, -0.25) is 4.79 Å². The van der Waals surface area contributed by atoms with Crippen LogP contribution >= 0.6 is 0 Å². The molecule has 0 saturated heterocycles. The molecule has 5 nitrogen and oxygen atoms in total. The Balaban J connectivity index is 1.33. The first kappa shape index (κ1) is 25.0. The van der Waals surface area contributed by atoms with Crippen molar-refractivity contribution in [3.8, 4) is 0 Å². The average molecular weight is 486 g/mol. The Labute approximate surface area is 210 Å². The van der Waals surface area contributed by atoms with Crippen LogP contribution in [0.3, 0.4) is 0 Å². The number of rotatable bonds is 6. The van der Waals surface area contributed by atoms with E-state index < -0.39 is 5.82 Å². The number of nitrogens with two attached hydrogens (primary N) is 2. The smallest absolute Gasteiger partial charge is 0.157 e. The van der Waals surface area contributed by atoms with Crippen LogP contribution in [0, 0.1) is 52.2 Å². The minimum absolute atomic E-state index is 0.0312. The number of anilines is 2. The first-order chi connectivity index (χ1) is 16.7. The molecule has 4 N–H and O–H groups in total. The number of halogens is 1. The van der Waals surface area contributed by atoms with E-state index >= 15 is 0 Å². The van der Waals surface area contributed by atoms with Gasteiger partial charge >= 0.3 is 0 Å². The van der Waals surface area contributed by atoms with Crippen molar-refractivity contribution >= 4 is 17.2 Å². The third-order valence-corrected chi connectivity index (χ3v) is 11.1. The summed E-state index contributed by atoms with van der Waals surface area (Å²) in [5, 5.41) is 1.40. The van der Waals surface area contributed by atoms with Crippen LogP contribution in [0.25, 0.3) is 0 Å². The van der Waals surface area contributed by atoms with Crippen molar-refractivity contribution in [2.75, 3.05) is 31.0 Å². The molecule has 6 heteroatoms. The Hall–Kier alpha value is -1.66. The molecule has 8 unspecified atom stereocenters. The van der Waals surface area contributed by atoms with Crippen molar-refractivity contribution in [2.24, 2.45) is 52.2 Å². The summed E-state index contributed by atoms with van der Waals surface area (Å²) in [6.07, 6.45) is 11.0. The number of hydrogen-bond donors (Lipinski definition) is 2. The molecule has 0 heterocycles. The van der Waals surface area contributed by atoms with E-state index in [1.165, 1.54) is 55.7 Å². The quantitative estimate of drug-likeness (QED) is 0.312. The highest BCUT2D eigenvalue weighted by Crippen LogP contribution is 2.68. The highest BCUT2D eigenvalue weighted by atomic mass is 19.1. The van der Waals surface area contributed by atoms with Crippen LogP contribution in [0.2, 0.25) is 0 Å². The molecule has 4 fully saturated rings. The molecule has 0 bridgehead atoms. The van der Waals surface area contributed by atoms with Crippen molar-refractivity contribution in [3.05, 3.63) is 24.0 Å². The van der Waals surface area contributed by atoms with E-state index in [9.17, 15) is 9.18 Å². The molecular formula is C29H44FN3O2. The van der Waals surface area contributed by atoms with E-state index in [0.717, 1.165) is 43.6 Å². The predicted molar refractivity (Wildman–Crippen MR) is 138 cm³/mol. The summed E-state index contributed by atoms with van der Waals surface area (Å²) in [6.45, 7) is 5.83. The topological polar surface area (TPSA) is 81.6 Å². The lowest BCUT2D eigenvalue weighted by molar-refractivity contribution is -0.154. The van der Waals surface area contributed by atoms with Gasteiger partial charge in [0.15, 0.2) is 5.78 Å². The lowest BCUT2D eigenvalue weighted by Gasteiger charge is -2.62. The molecule has 4 aliphatic carbocycles. The average Bonchev–Trinajstić information content (AvgIpc) is 3.16. The molecule has 5 rings (SSSR count). The fraction of sp³-hybridized carbons (Fsp3) is 0.759. The fourth-order valence-corrected chi connectivity index (χ4v) is 9.49. The molecule has 0 aliphatic heterocycles. The Kier molecular flexibility index (Phi) is 6.67. The van der Waals surface area contributed by atoms with Gasteiger partial charge in [-0.25, -0.2) is 10.2 Å². The molecule has 1 aromatic rings. The fourth-order valence-electron chi connectivity index (χ4n) is 9.49. The lowest BCUT2D eigenvalue weighted by atomic mass is 9.44. The number of fused-ring (bicyclic) bond motifs is 5. The maximum atomic E-state index is 13.6. The van der Waals surface area contributed by atoms with Crippen LogP contribution < -0.4 is 16.6 Å². The number of Topliss-reactive ketones (excluding diaryl/α,β-unsaturated/α-hetero) is 1. The number of nitrogen functional groups attached to an aromatic ring is 1. The Morgan fingerprint density at radius 2 is 1.94 bits per heavy atom. The van der Waals surface area contributed by atoms with E-state index in [-0.39, 0.29) is 29.3 Å². The number of hydrogen-bond acceptors (Lipinski definition) is 5. The van der Waals surface area contributed by atoms with Crippen molar-refractivity contribution in [1.82, 2.24) is 0 Å². The van der Waals surface area contributed by atoms with Crippen LogP contribution in [0.1, 0.15) is 71.6 Å². The van der Waals surface area contributed by atoms with Gasteiger partial charge in [0.2, 0.25) is 0 Å². The van der Waals surface area contributed by atoms with Crippen molar-refractivity contribution in [1.29, 1.82) is 0 Å². The monoisotopic (exact) mass is 485 g/mol. The second kappa shape index (κ2) is 9.33. The van der Waals surface area contributed by atoms with Gasteiger partial charge in [-0.15, -0.1) is 0 Å². The number of ether oxygens (including phenoxy) is 1. The lowest BCUT2D eigenvalue weighted by Crippen LogP contribution is -2.56. The van der Waals surface area contributed by atoms with E-state index in [1.807, 2.05) is 7.11 Å². The van der Waals surface area contributed by atoms with Crippen molar-refractivity contribution in [2.45, 2.75) is 71.6 Å². The highest BCUT2D eigenvalue weighted by molar-refractivity contribution is 5.87. The molecule has 0 radical (unpaired) electrons. The van der Waals surface area contributed by atoms with Gasteiger partial charge in [-0.1, -0.05) is 20.3 Å². The minimum atomic E-state index is -0.401. The van der Waals surface area contributed by atoms with Gasteiger partial charge in [0.25, 0.3) is 0 Å². The standard InChI is InChI=1S/C29H44FN3O2/c1-18-10-13-29(17-35-3)19(14-18)4-6-21-22-7-8-24(28(22,2)12-11-23(21)29)27(34)16-33(32)26-9-5-20(30)15-25(26)31/h5,9,15,18-19,21-24H,4,6-8,10-14,16-17,31-32H2,1-3H3. The van der Waals surface area contributed by atoms with Gasteiger partial charge in [-0.05, 0) is 110 Å². The number of hydrazine groups is 1. The number of carbonyl (C=O) groups is 1. The minimum Gasteiger partial charge on any atom is -0.397 e. The number of carbonyl (C=O) groups excluding carboxylic acids is 1. The van der Waals surface area contributed by atoms with Gasteiger partial charge in [0.05, 0.1) is 24.5 Å². The van der Waals surface area contributed by atoms with Crippen molar-refractivity contribution < 1.29 is 13.9 Å². The summed E-state index contributed by atoms with van der Waals surface area (Å²) in [5.74, 6) is 9.75. The SMILES string of the molecule is COCC12CCC(C)CC1CCC1C3CCC(C(=O)CN(N)c4ccc(F)cc4N)C3(C)CCC12. The zero-order valence-electron chi connectivity index (χ0n) is 21.8. The second-order valence-corrected chi connectivity index (χ2v) is 12.7. The summed E-state index contributed by atoms with van der Waals surface area (Å²) in [4.78, 5) is 13.6. The summed E-state index contributed by atoms with van der Waals surface area (Å²) in [7, 11) is 1.89. The molecule has 35 heavy (non-hydrogen) atoms. The molecule has 4 saturated carbocycles. The molecule has 0 amide bonds. The van der Waals surface area contributed by atoms with E-state index in [0.29, 0.717) is 22.9 Å². The van der Waals surface area contributed by atoms with Crippen molar-refractivity contribution in [3.63, 3.8) is 0 Å². The Bertz CT molecular complexity index is 956. The summed E-state index contributed by atoms with van der Waals surface area (Å²) < 4.78 is 19.4. The zero-order valence-corrected chi connectivity index (χ0v) is 21.8. The van der Waals surface area contributed by atoms with Gasteiger partial charge < -0.3 is 15.5 Å². The first-order valence-corrected chi connectivity index (χ1v) is 13.8. The number of ketones is 1. The maximum absolute atomic E-state index is 13.6. The number of nitrogens with zero attached hydrogens (tertiary/aromatic N) is 1. The van der Waals surface area contributed by atoms with Crippen LogP contribution in [-0.2, 0) is 9.53 Å². The van der Waals surface area contributed by atoms with Gasteiger partial charge in [-0.2, -0.15) is 0 Å². The Morgan fingerprint density at radius 3 is 2.69 bits per heavy atom. The number of benzene rings is 1. The van der Waals surface area contributed by atoms with E-state index in [2.05, 4.69) is 13.8 Å². The summed E-state index contributed by atoms with van der Waals surface area (Å²) in [6, 6.07) is 4.15. The largest absolute Gasteiger partial charge is 0.397 e. The normalized spacial score (nSPS) is 40.5. The maximum Gasteiger partial charge on any atom is 0.157 e. The molecule has 0 aromatic heterocycles. The van der Waals surface area contributed by atoms with E-state index in [4.69, 9.17) is 16.3 Å². The zero-order chi connectivity index (χ0) is 25.0. The van der Waals surface area contributed by atoms with Gasteiger partial charge in [0, 0.05) is 13.0 Å². The second-order valence-electron chi connectivity index (χ2n) is 12.7. The molecule has 194 valence electrons. The van der Waals surface area contributed by atoms with E-state index in [1.54, 1.807) is 6.07 Å². The predicted octanol–water partition coefficient (Wildman–Crippen LogP) is 5.58. The molecule has 1 aromatic carbocycles. The summed E-state index contributed by atoms with van der Waals surface area (Å²) >= 11 is 0. The van der Waals surface area contributed by atoms with Gasteiger partial charge in [0.1, 0.15) is 5.82 Å². The molecule has 0 spiro atoms. The number of methoxy groups -OCH3 is 1. The Morgan fingerprint density at radius 1 is 1.14 bits per heavy atom. The van der Waals surface area contributed by atoms with Crippen LogP contribution in [0.15, 0.2) is 18.2 Å². The molecule has 4 aliphatic rings. The highest BCUT2D eigenvalue weighted by Gasteiger charge is 2.62. The van der Waals surface area contributed by atoms with Crippen LogP contribution in [-0.4, -0.2) is 26.0 Å². The third-order valence-electron chi connectivity index (χ3n) is 11.1. The molecular weight excluding hydrogens is 441 g/mol. The molecule has 8 atom stereocenters. The first-order valence-electron chi connectivity index (χ1n) is 13.8. The van der Waals surface area contributed by atoms with Crippen LogP contribution in [0.5, 0.6) is 0 Å². The summed E-state index contributed by atoms with van der Waals surface area (Å²) in [5.41, 5.74) is 7.12. The van der Waals surface area contributed by atoms with Crippen LogP contribution in [0.4, 0.5) is 15.8 Å².